The zero-order chi connectivity index (χ0) is 19.3. The highest BCUT2D eigenvalue weighted by Gasteiger charge is 2.25. The van der Waals surface area contributed by atoms with Gasteiger partial charge in [0.1, 0.15) is 0 Å². The summed E-state index contributed by atoms with van der Waals surface area (Å²) < 4.78 is 14.0. The summed E-state index contributed by atoms with van der Waals surface area (Å²) in [6.07, 6.45) is 4.35. The van der Waals surface area contributed by atoms with Crippen LogP contribution in [-0.2, 0) is 6.54 Å². The number of hydrogen-bond donors (Lipinski definition) is 2. The Balaban J connectivity index is 0.00000240. The first-order chi connectivity index (χ1) is 13.7. The quantitative estimate of drug-likeness (QED) is 0.323. The van der Waals surface area contributed by atoms with E-state index in [1.807, 2.05) is 35.4 Å². The number of pyridine rings is 2. The van der Waals surface area contributed by atoms with Gasteiger partial charge in [-0.05, 0) is 36.2 Å². The van der Waals surface area contributed by atoms with E-state index in [0.29, 0.717) is 18.9 Å². The van der Waals surface area contributed by atoms with Gasteiger partial charge in [0.25, 0.3) is 0 Å². The summed E-state index contributed by atoms with van der Waals surface area (Å²) in [4.78, 5) is 14.9. The first-order valence-electron chi connectivity index (χ1n) is 9.40. The van der Waals surface area contributed by atoms with Crippen LogP contribution in [0.15, 0.2) is 59.9 Å². The lowest BCUT2D eigenvalue weighted by Crippen LogP contribution is -2.44. The van der Waals surface area contributed by atoms with Gasteiger partial charge in [-0.25, -0.2) is 9.37 Å². The van der Waals surface area contributed by atoms with Crippen molar-refractivity contribution in [3.63, 3.8) is 0 Å². The van der Waals surface area contributed by atoms with Crippen LogP contribution < -0.4 is 15.5 Å². The number of nitrogens with zero attached hydrogens (tertiary/aromatic N) is 4. The van der Waals surface area contributed by atoms with Crippen molar-refractivity contribution < 1.29 is 4.39 Å². The lowest BCUT2D eigenvalue weighted by molar-refractivity contribution is 0.612. The van der Waals surface area contributed by atoms with E-state index in [4.69, 9.17) is 0 Å². The molecular formula is C21H24FIN6. The van der Waals surface area contributed by atoms with Gasteiger partial charge in [-0.15, -0.1) is 24.0 Å². The summed E-state index contributed by atoms with van der Waals surface area (Å²) in [5.41, 5.74) is 2.14. The number of para-hydroxylation sites is 1. The average molecular weight is 506 g/mol. The van der Waals surface area contributed by atoms with Gasteiger partial charge in [-0.2, -0.15) is 0 Å². The number of nitrogens with one attached hydrogen (secondary N) is 2. The molecule has 1 unspecified atom stereocenters. The lowest BCUT2D eigenvalue weighted by Gasteiger charge is -2.20. The number of guanidine groups is 1. The molecule has 1 saturated heterocycles. The second-order valence-electron chi connectivity index (χ2n) is 6.80. The fourth-order valence-corrected chi connectivity index (χ4v) is 3.56. The summed E-state index contributed by atoms with van der Waals surface area (Å²) >= 11 is 0. The molecule has 1 aliphatic rings. The van der Waals surface area contributed by atoms with Crippen LogP contribution in [-0.4, -0.2) is 42.1 Å². The van der Waals surface area contributed by atoms with Crippen LogP contribution in [0.5, 0.6) is 0 Å². The van der Waals surface area contributed by atoms with Crippen molar-refractivity contribution in [3.8, 4) is 0 Å². The monoisotopic (exact) mass is 506 g/mol. The molecule has 8 heteroatoms. The van der Waals surface area contributed by atoms with E-state index in [0.717, 1.165) is 35.4 Å². The molecule has 3 heterocycles. The van der Waals surface area contributed by atoms with Crippen molar-refractivity contribution in [1.29, 1.82) is 0 Å². The largest absolute Gasteiger partial charge is 0.352 e. The van der Waals surface area contributed by atoms with Crippen LogP contribution in [0.4, 0.5) is 10.2 Å². The SMILES string of the molecule is CN=C(NCc1ccnc2ccccc12)NC1CCN(c2ncccc2F)C1.I. The van der Waals surface area contributed by atoms with Crippen LogP contribution in [0.1, 0.15) is 12.0 Å². The molecule has 2 N–H and O–H groups in total. The number of fused-ring (bicyclic) bond motifs is 1. The first kappa shape index (κ1) is 21.2. The summed E-state index contributed by atoms with van der Waals surface area (Å²) in [7, 11) is 1.76. The summed E-state index contributed by atoms with van der Waals surface area (Å²) in [5.74, 6) is 0.863. The molecule has 3 aromatic rings. The Morgan fingerprint density at radius 2 is 2.03 bits per heavy atom. The van der Waals surface area contributed by atoms with Crippen molar-refractivity contribution in [3.05, 3.63) is 66.2 Å². The average Bonchev–Trinajstić information content (AvgIpc) is 3.19. The number of aromatic nitrogens is 2. The molecular weight excluding hydrogens is 482 g/mol. The standard InChI is InChI=1S/C21H23FN6.HI/c1-23-21(26-13-15-8-11-24-19-7-3-2-5-17(15)19)27-16-9-12-28(14-16)20-18(22)6-4-10-25-20;/h2-8,10-11,16H,9,12-14H2,1H3,(H2,23,26,27);1H. The van der Waals surface area contributed by atoms with E-state index in [1.165, 1.54) is 6.07 Å². The fraction of sp³-hybridized carbons (Fsp3) is 0.286. The molecule has 4 rings (SSSR count). The number of benzene rings is 1. The van der Waals surface area contributed by atoms with Gasteiger partial charge in [-0.1, -0.05) is 18.2 Å². The third kappa shape index (κ3) is 4.92. The van der Waals surface area contributed by atoms with Crippen LogP contribution >= 0.6 is 24.0 Å². The molecule has 1 aliphatic heterocycles. The van der Waals surface area contributed by atoms with Crippen molar-refractivity contribution >= 4 is 46.7 Å². The van der Waals surface area contributed by atoms with Gasteiger partial charge in [-0.3, -0.25) is 9.98 Å². The zero-order valence-electron chi connectivity index (χ0n) is 16.2. The van der Waals surface area contributed by atoms with Gasteiger partial charge < -0.3 is 15.5 Å². The van der Waals surface area contributed by atoms with Crippen molar-refractivity contribution in [2.75, 3.05) is 25.0 Å². The van der Waals surface area contributed by atoms with Gasteiger partial charge >= 0.3 is 0 Å². The predicted molar refractivity (Wildman–Crippen MR) is 125 cm³/mol. The Bertz CT molecular complexity index is 990. The number of aliphatic imine (C=N–C) groups is 1. The normalized spacial score (nSPS) is 16.6. The van der Waals surface area contributed by atoms with E-state index in [2.05, 4.69) is 31.7 Å². The molecule has 1 aromatic carbocycles. The van der Waals surface area contributed by atoms with Crippen LogP contribution in [0, 0.1) is 5.82 Å². The molecule has 6 nitrogen and oxygen atoms in total. The van der Waals surface area contributed by atoms with E-state index in [-0.39, 0.29) is 35.8 Å². The highest BCUT2D eigenvalue weighted by Crippen LogP contribution is 2.21. The van der Waals surface area contributed by atoms with Crippen LogP contribution in [0.3, 0.4) is 0 Å². The molecule has 1 fully saturated rings. The molecule has 0 amide bonds. The summed E-state index contributed by atoms with van der Waals surface area (Å²) in [6, 6.07) is 13.3. The molecule has 1 atom stereocenters. The maximum absolute atomic E-state index is 14.0. The number of halogens is 2. The smallest absolute Gasteiger partial charge is 0.191 e. The van der Waals surface area contributed by atoms with E-state index >= 15 is 0 Å². The zero-order valence-corrected chi connectivity index (χ0v) is 18.5. The van der Waals surface area contributed by atoms with Gasteiger partial charge in [0, 0.05) is 50.5 Å². The minimum Gasteiger partial charge on any atom is -0.352 e. The Kier molecular flexibility index (Phi) is 7.18. The lowest BCUT2D eigenvalue weighted by atomic mass is 10.1. The summed E-state index contributed by atoms with van der Waals surface area (Å²) in [6.45, 7) is 2.10. The predicted octanol–water partition coefficient (Wildman–Crippen LogP) is 3.33. The molecule has 152 valence electrons. The maximum Gasteiger partial charge on any atom is 0.191 e. The van der Waals surface area contributed by atoms with Crippen LogP contribution in [0.2, 0.25) is 0 Å². The van der Waals surface area contributed by atoms with Gasteiger partial charge in [0.2, 0.25) is 0 Å². The Labute approximate surface area is 186 Å². The minimum absolute atomic E-state index is 0. The molecule has 2 aromatic heterocycles. The molecule has 0 bridgehead atoms. The van der Waals surface area contributed by atoms with Crippen molar-refractivity contribution in [2.45, 2.75) is 19.0 Å². The van der Waals surface area contributed by atoms with Crippen LogP contribution in [0.25, 0.3) is 10.9 Å². The van der Waals surface area contributed by atoms with Crippen molar-refractivity contribution in [2.24, 2.45) is 4.99 Å². The molecule has 0 saturated carbocycles. The molecule has 0 aliphatic carbocycles. The first-order valence-corrected chi connectivity index (χ1v) is 9.40. The number of hydrogen-bond acceptors (Lipinski definition) is 4. The van der Waals surface area contributed by atoms with Crippen molar-refractivity contribution in [1.82, 2.24) is 20.6 Å². The second-order valence-corrected chi connectivity index (χ2v) is 6.80. The molecule has 0 radical (unpaired) electrons. The number of anilines is 1. The Morgan fingerprint density at radius 1 is 1.17 bits per heavy atom. The Morgan fingerprint density at radius 3 is 2.86 bits per heavy atom. The third-order valence-electron chi connectivity index (χ3n) is 4.98. The fourth-order valence-electron chi connectivity index (χ4n) is 3.56. The third-order valence-corrected chi connectivity index (χ3v) is 4.98. The molecule has 0 spiro atoms. The molecule has 29 heavy (non-hydrogen) atoms. The summed E-state index contributed by atoms with van der Waals surface area (Å²) in [5, 5.41) is 7.94. The van der Waals surface area contributed by atoms with E-state index < -0.39 is 0 Å². The highest BCUT2D eigenvalue weighted by molar-refractivity contribution is 14.0. The topological polar surface area (TPSA) is 65.4 Å². The highest BCUT2D eigenvalue weighted by atomic mass is 127. The van der Waals surface area contributed by atoms with Gasteiger partial charge in [0.15, 0.2) is 17.6 Å². The van der Waals surface area contributed by atoms with E-state index in [1.54, 1.807) is 19.3 Å². The van der Waals surface area contributed by atoms with Gasteiger partial charge in [0.05, 0.1) is 5.52 Å². The second kappa shape index (κ2) is 9.82. The van der Waals surface area contributed by atoms with E-state index in [9.17, 15) is 4.39 Å². The number of rotatable bonds is 4. The maximum atomic E-state index is 14.0. The Hall–Kier alpha value is -2.49. The minimum atomic E-state index is -0.282.